The van der Waals surface area contributed by atoms with Gasteiger partial charge in [0.05, 0.1) is 46.6 Å². The molecule has 1 saturated carbocycles. The van der Waals surface area contributed by atoms with Crippen LogP contribution in [0, 0.1) is 0 Å². The maximum Gasteiger partial charge on any atom is 0.387 e. The van der Waals surface area contributed by atoms with Crippen molar-refractivity contribution in [1.29, 1.82) is 0 Å². The van der Waals surface area contributed by atoms with Gasteiger partial charge in [-0.05, 0) is 49.9 Å². The summed E-state index contributed by atoms with van der Waals surface area (Å²) in [5, 5.41) is 4.67. The van der Waals surface area contributed by atoms with E-state index in [9.17, 15) is 13.6 Å². The van der Waals surface area contributed by atoms with Crippen molar-refractivity contribution in [2.45, 2.75) is 49.8 Å². The van der Waals surface area contributed by atoms with E-state index in [0.29, 0.717) is 22.5 Å². The molecule has 3 aliphatic rings. The van der Waals surface area contributed by atoms with Crippen LogP contribution >= 0.6 is 0 Å². The molecule has 0 unspecified atom stereocenters. The van der Waals surface area contributed by atoms with Gasteiger partial charge >= 0.3 is 6.61 Å². The minimum absolute atomic E-state index is 0.0242. The average Bonchev–Trinajstić information content (AvgIpc) is 3.39. The maximum absolute atomic E-state index is 13.6. The summed E-state index contributed by atoms with van der Waals surface area (Å²) in [6.07, 6.45) is 8.06. The minimum Gasteiger partial charge on any atom is -0.434 e. The van der Waals surface area contributed by atoms with E-state index in [-0.39, 0.29) is 23.3 Å². The van der Waals surface area contributed by atoms with Crippen LogP contribution < -0.4 is 10.5 Å². The molecule has 0 radical (unpaired) electrons. The number of hydrogen-bond donors (Lipinski definition) is 1. The number of aromatic nitrogens is 4. The number of nitrogens with zero attached hydrogens (tertiary/aromatic N) is 5. The third-order valence-electron chi connectivity index (χ3n) is 7.92. The van der Waals surface area contributed by atoms with Crippen LogP contribution in [0.2, 0.25) is 0 Å². The molecule has 0 spiro atoms. The number of benzene rings is 1. The first kappa shape index (κ1) is 19.2. The Hall–Kier alpha value is -3.92. The summed E-state index contributed by atoms with van der Waals surface area (Å²) < 4.78 is 57.7. The average molecular weight is 506 g/mol. The number of halogens is 2. The highest BCUT2D eigenvalue weighted by atomic mass is 19.3. The number of fused-ring (bicyclic) bond motifs is 9. The SMILES string of the molecule is [2H]C([2H])([2H])N1C(=O)c2cccc(OC(F)F)c2[C@H]2C[C@@H]1c1nn3ccc(-c4cnc(C5(N)CCC5)cn4)cc3c12. The first-order valence-electron chi connectivity index (χ1n) is 13.6. The highest BCUT2D eigenvalue weighted by molar-refractivity contribution is 5.98. The molecule has 1 fully saturated rings. The van der Waals surface area contributed by atoms with E-state index in [4.69, 9.17) is 14.6 Å². The van der Waals surface area contributed by atoms with Crippen molar-refractivity contribution in [3.05, 3.63) is 77.0 Å². The van der Waals surface area contributed by atoms with Crippen molar-refractivity contribution in [1.82, 2.24) is 24.5 Å². The number of amides is 1. The number of alkyl halides is 2. The Labute approximate surface area is 215 Å². The summed E-state index contributed by atoms with van der Waals surface area (Å²) in [4.78, 5) is 23.6. The zero-order valence-electron chi connectivity index (χ0n) is 22.6. The Morgan fingerprint density at radius 3 is 2.78 bits per heavy atom. The molecule has 1 amide bonds. The third kappa shape index (κ3) is 3.21. The molecule has 2 atom stereocenters. The van der Waals surface area contributed by atoms with Crippen molar-refractivity contribution in [2.24, 2.45) is 5.73 Å². The smallest absolute Gasteiger partial charge is 0.387 e. The number of nitrogens with two attached hydrogens (primary N) is 1. The zero-order chi connectivity index (χ0) is 28.0. The van der Waals surface area contributed by atoms with Crippen LogP contribution in [-0.4, -0.2) is 44.0 Å². The van der Waals surface area contributed by atoms with Gasteiger partial charge in [-0.25, -0.2) is 4.52 Å². The molecule has 3 aromatic heterocycles. The Morgan fingerprint density at radius 2 is 2.08 bits per heavy atom. The Bertz CT molecular complexity index is 1670. The number of hydrogen-bond acceptors (Lipinski definition) is 6. The summed E-state index contributed by atoms with van der Waals surface area (Å²) in [5.74, 6) is -1.53. The van der Waals surface area contributed by atoms with E-state index in [0.717, 1.165) is 35.4 Å². The second kappa shape index (κ2) is 7.79. The van der Waals surface area contributed by atoms with Gasteiger partial charge in [0.1, 0.15) is 5.75 Å². The van der Waals surface area contributed by atoms with Gasteiger partial charge in [-0.3, -0.25) is 14.8 Å². The highest BCUT2D eigenvalue weighted by Crippen LogP contribution is 2.53. The maximum atomic E-state index is 13.6. The summed E-state index contributed by atoms with van der Waals surface area (Å²) >= 11 is 0. The van der Waals surface area contributed by atoms with E-state index < -0.39 is 37.0 Å². The van der Waals surface area contributed by atoms with Gasteiger partial charge in [0, 0.05) is 45.5 Å². The molecule has 188 valence electrons. The molecule has 1 aliphatic heterocycles. The summed E-state index contributed by atoms with van der Waals surface area (Å²) in [5.41, 5.74) is 10.1. The Kier molecular flexibility index (Phi) is 4.05. The minimum atomic E-state index is -3.12. The molecule has 7 rings (SSSR count). The van der Waals surface area contributed by atoms with Crippen LogP contribution in [0.1, 0.15) is 74.6 Å². The monoisotopic (exact) mass is 505 g/mol. The molecule has 1 aromatic carbocycles. The van der Waals surface area contributed by atoms with Crippen molar-refractivity contribution in [2.75, 3.05) is 6.98 Å². The lowest BCUT2D eigenvalue weighted by Crippen LogP contribution is -2.44. The van der Waals surface area contributed by atoms with Gasteiger partial charge in [-0.15, -0.1) is 0 Å². The highest BCUT2D eigenvalue weighted by Gasteiger charge is 2.46. The van der Waals surface area contributed by atoms with Gasteiger partial charge in [0.25, 0.3) is 5.91 Å². The van der Waals surface area contributed by atoms with Crippen molar-refractivity contribution in [3.8, 4) is 17.0 Å². The third-order valence-corrected chi connectivity index (χ3v) is 7.92. The van der Waals surface area contributed by atoms with Gasteiger partial charge in [-0.2, -0.15) is 13.9 Å². The predicted octanol–water partition coefficient (Wildman–Crippen LogP) is 4.39. The number of pyridine rings is 1. The second-order valence-electron chi connectivity index (χ2n) is 9.92. The number of rotatable bonds is 4. The number of ether oxygens (including phenoxy) is 1. The van der Waals surface area contributed by atoms with Crippen molar-refractivity contribution < 1.29 is 22.4 Å². The van der Waals surface area contributed by atoms with E-state index in [1.54, 1.807) is 23.1 Å². The fourth-order valence-electron chi connectivity index (χ4n) is 5.90. The number of carbonyl (C=O) groups is 1. The molecule has 4 heterocycles. The number of carbonyl (C=O) groups excluding carboxylic acids is 1. The van der Waals surface area contributed by atoms with Crippen LogP contribution in [0.5, 0.6) is 5.75 Å². The quantitative estimate of drug-likeness (QED) is 0.442. The molecule has 4 aromatic rings. The van der Waals surface area contributed by atoms with Crippen molar-refractivity contribution in [3.63, 3.8) is 0 Å². The molecule has 10 heteroatoms. The Balaban J connectivity index is 1.40. The summed E-state index contributed by atoms with van der Waals surface area (Å²) in [7, 11) is 0. The standard InChI is InChI=1S/C27H24F2N6O2/c1-34-19-11-16(22-15(25(34)36)4-2-5-20(22)37-26(28)29)23-18-10-14(6-9-35(18)33-24(19)23)17-12-32-21(13-31-17)27(30)7-3-8-27/h2,4-6,9-10,12-13,16,19,26H,3,7-8,11,30H2,1H3/t16-,19-/m1/s1/i1D3. The zero-order valence-corrected chi connectivity index (χ0v) is 19.6. The van der Waals surface area contributed by atoms with E-state index in [1.807, 2.05) is 12.1 Å². The molecule has 2 N–H and O–H groups in total. The largest absolute Gasteiger partial charge is 0.434 e. The summed E-state index contributed by atoms with van der Waals surface area (Å²) in [6, 6.07) is 7.05. The molecule has 2 aliphatic carbocycles. The van der Waals surface area contributed by atoms with E-state index >= 15 is 0 Å². The van der Waals surface area contributed by atoms with Gasteiger partial charge in [0.2, 0.25) is 0 Å². The topological polar surface area (TPSA) is 98.6 Å². The molecule has 0 saturated heterocycles. The van der Waals surface area contributed by atoms with Gasteiger partial charge < -0.3 is 15.4 Å². The fourth-order valence-corrected chi connectivity index (χ4v) is 5.90. The van der Waals surface area contributed by atoms with Crippen LogP contribution in [0.25, 0.3) is 16.8 Å². The first-order valence-corrected chi connectivity index (χ1v) is 12.1. The molecular weight excluding hydrogens is 478 g/mol. The first-order chi connectivity index (χ1) is 19.0. The fraction of sp³-hybridized carbons (Fsp3) is 0.333. The normalized spacial score (nSPS) is 23.1. The van der Waals surface area contributed by atoms with Crippen LogP contribution in [0.4, 0.5) is 8.78 Å². The second-order valence-corrected chi connectivity index (χ2v) is 9.92. The Morgan fingerprint density at radius 1 is 1.22 bits per heavy atom. The van der Waals surface area contributed by atoms with Gasteiger partial charge in [-0.1, -0.05) is 6.07 Å². The van der Waals surface area contributed by atoms with Crippen LogP contribution in [0.3, 0.4) is 0 Å². The van der Waals surface area contributed by atoms with Gasteiger partial charge in [0.15, 0.2) is 0 Å². The van der Waals surface area contributed by atoms with Crippen molar-refractivity contribution >= 4 is 11.4 Å². The lowest BCUT2D eigenvalue weighted by molar-refractivity contribution is -0.0505. The lowest BCUT2D eigenvalue weighted by Gasteiger charge is -2.37. The molecule has 8 nitrogen and oxygen atoms in total. The molecule has 37 heavy (non-hydrogen) atoms. The van der Waals surface area contributed by atoms with E-state index in [1.165, 1.54) is 18.2 Å². The summed E-state index contributed by atoms with van der Waals surface area (Å²) in [6.45, 7) is -5.90. The van der Waals surface area contributed by atoms with Crippen LogP contribution in [-0.2, 0) is 5.54 Å². The van der Waals surface area contributed by atoms with Crippen LogP contribution in [0.15, 0.2) is 48.9 Å². The van der Waals surface area contributed by atoms with E-state index in [2.05, 4.69) is 15.1 Å². The predicted molar refractivity (Wildman–Crippen MR) is 130 cm³/mol. The molecular formula is C27H24F2N6O2. The lowest BCUT2D eigenvalue weighted by atomic mass is 9.75. The molecule has 2 bridgehead atoms.